The van der Waals surface area contributed by atoms with E-state index in [2.05, 4.69) is 36.0 Å². The number of nitrogens with one attached hydrogen (secondary N) is 1. The lowest BCUT2D eigenvalue weighted by Crippen LogP contribution is -2.34. The van der Waals surface area contributed by atoms with Crippen LogP contribution in [0.4, 0.5) is 13.2 Å². The third kappa shape index (κ3) is 3.12. The van der Waals surface area contributed by atoms with Crippen molar-refractivity contribution in [3.05, 3.63) is 29.8 Å². The molecule has 0 unspecified atom stereocenters. The third-order valence-corrected chi connectivity index (χ3v) is 6.15. The van der Waals surface area contributed by atoms with Gasteiger partial charge in [-0.15, -0.1) is 13.2 Å². The quantitative estimate of drug-likeness (QED) is 0.812. The minimum atomic E-state index is -4.75. The molecule has 0 heterocycles. The normalized spacial score (nSPS) is 29.0. The van der Waals surface area contributed by atoms with Crippen molar-refractivity contribution < 1.29 is 22.7 Å². The molecule has 2 saturated carbocycles. The first kappa shape index (κ1) is 17.8. The Kier molecular flexibility index (Phi) is 4.08. The van der Waals surface area contributed by atoms with Crippen LogP contribution in [0.1, 0.15) is 50.4 Å². The molecular formula is C18H21F3N2O2. The Bertz CT molecular complexity index is 710. The van der Waals surface area contributed by atoms with Crippen LogP contribution in [-0.2, 0) is 0 Å². The van der Waals surface area contributed by atoms with Crippen LogP contribution in [0.5, 0.6) is 5.75 Å². The summed E-state index contributed by atoms with van der Waals surface area (Å²) < 4.78 is 40.2. The number of nitrogens with zero attached hydrogens (tertiary/aromatic N) is 1. The molecule has 1 amide bonds. The zero-order valence-corrected chi connectivity index (χ0v) is 14.4. The summed E-state index contributed by atoms with van der Waals surface area (Å²) >= 11 is 0. The van der Waals surface area contributed by atoms with Crippen LogP contribution in [0.25, 0.3) is 0 Å². The zero-order chi connectivity index (χ0) is 18.5. The van der Waals surface area contributed by atoms with Crippen LogP contribution >= 0.6 is 0 Å². The molecule has 0 spiro atoms. The van der Waals surface area contributed by atoms with Gasteiger partial charge in [-0.25, -0.2) is 5.43 Å². The second kappa shape index (κ2) is 5.75. The zero-order valence-electron chi connectivity index (χ0n) is 14.4. The average Bonchev–Trinajstić information content (AvgIpc) is 2.84. The number of carbonyl (C=O) groups is 1. The number of hydrogen-bond acceptors (Lipinski definition) is 3. The van der Waals surface area contributed by atoms with Gasteiger partial charge in [-0.3, -0.25) is 4.79 Å². The molecule has 136 valence electrons. The fourth-order valence-electron chi connectivity index (χ4n) is 4.09. The molecule has 1 N–H and O–H groups in total. The number of hydrogen-bond donors (Lipinski definition) is 1. The maximum atomic E-state index is 12.2. The molecule has 1 aromatic carbocycles. The molecule has 2 atom stereocenters. The van der Waals surface area contributed by atoms with Crippen LogP contribution in [0.3, 0.4) is 0 Å². The summed E-state index contributed by atoms with van der Waals surface area (Å²) in [7, 11) is 0. The van der Waals surface area contributed by atoms with Gasteiger partial charge in [-0.2, -0.15) is 5.10 Å². The van der Waals surface area contributed by atoms with Gasteiger partial charge in [0.1, 0.15) is 5.75 Å². The van der Waals surface area contributed by atoms with Crippen molar-refractivity contribution in [2.24, 2.45) is 21.8 Å². The fourth-order valence-corrected chi connectivity index (χ4v) is 4.09. The number of ether oxygens (including phenoxy) is 1. The molecule has 0 radical (unpaired) electrons. The Balaban J connectivity index is 1.68. The van der Waals surface area contributed by atoms with Crippen LogP contribution in [0.15, 0.2) is 29.4 Å². The van der Waals surface area contributed by atoms with Crippen molar-refractivity contribution >= 4 is 11.6 Å². The van der Waals surface area contributed by atoms with Crippen molar-refractivity contribution in [3.8, 4) is 5.75 Å². The lowest BCUT2D eigenvalue weighted by Gasteiger charge is -2.34. The Labute approximate surface area is 144 Å². The smallest absolute Gasteiger partial charge is 0.406 e. The van der Waals surface area contributed by atoms with E-state index in [4.69, 9.17) is 0 Å². The van der Waals surface area contributed by atoms with Gasteiger partial charge < -0.3 is 4.74 Å². The van der Waals surface area contributed by atoms with Crippen LogP contribution in [0, 0.1) is 16.7 Å². The number of benzene rings is 1. The molecule has 2 bridgehead atoms. The highest BCUT2D eigenvalue weighted by atomic mass is 19.4. The molecule has 2 aliphatic carbocycles. The Hall–Kier alpha value is -2.05. The second-order valence-electron chi connectivity index (χ2n) is 7.57. The van der Waals surface area contributed by atoms with E-state index in [1.165, 1.54) is 18.6 Å². The minimum absolute atomic E-state index is 0.0185. The van der Waals surface area contributed by atoms with E-state index >= 15 is 0 Å². The number of rotatable bonds is 3. The monoisotopic (exact) mass is 354 g/mol. The van der Waals surface area contributed by atoms with Gasteiger partial charge in [-0.1, -0.05) is 20.8 Å². The lowest BCUT2D eigenvalue weighted by molar-refractivity contribution is -0.274. The highest BCUT2D eigenvalue weighted by Gasteiger charge is 2.60. The van der Waals surface area contributed by atoms with E-state index in [0.717, 1.165) is 30.7 Å². The molecule has 3 rings (SSSR count). The van der Waals surface area contributed by atoms with E-state index in [1.807, 2.05) is 0 Å². The number of hydrazone groups is 1. The number of fused-ring (bicyclic) bond motifs is 2. The van der Waals surface area contributed by atoms with E-state index in [-0.39, 0.29) is 22.1 Å². The molecule has 25 heavy (non-hydrogen) atoms. The number of alkyl halides is 3. The fraction of sp³-hybridized carbons (Fsp3) is 0.556. The molecule has 0 saturated heterocycles. The van der Waals surface area contributed by atoms with Gasteiger partial charge in [0.25, 0.3) is 5.91 Å². The maximum absolute atomic E-state index is 12.2. The first-order valence-electron chi connectivity index (χ1n) is 8.26. The predicted octanol–water partition coefficient (Wildman–Crippen LogP) is 4.52. The van der Waals surface area contributed by atoms with Crippen molar-refractivity contribution in [1.82, 2.24) is 5.43 Å². The van der Waals surface area contributed by atoms with Gasteiger partial charge in [-0.05, 0) is 54.9 Å². The van der Waals surface area contributed by atoms with Crippen molar-refractivity contribution in [2.45, 2.75) is 46.4 Å². The van der Waals surface area contributed by atoms with Gasteiger partial charge in [0.05, 0.1) is 0 Å². The van der Waals surface area contributed by atoms with Gasteiger partial charge in [0.2, 0.25) is 0 Å². The summed E-state index contributed by atoms with van der Waals surface area (Å²) in [4.78, 5) is 12.2. The van der Waals surface area contributed by atoms with Crippen molar-refractivity contribution in [1.29, 1.82) is 0 Å². The Morgan fingerprint density at radius 1 is 1.24 bits per heavy atom. The molecule has 4 nitrogen and oxygen atoms in total. The predicted molar refractivity (Wildman–Crippen MR) is 87.3 cm³/mol. The van der Waals surface area contributed by atoms with Crippen LogP contribution < -0.4 is 10.2 Å². The molecule has 1 aromatic rings. The first-order chi connectivity index (χ1) is 11.5. The number of halogens is 3. The minimum Gasteiger partial charge on any atom is -0.406 e. The summed E-state index contributed by atoms with van der Waals surface area (Å²) in [5, 5.41) is 4.34. The highest BCUT2D eigenvalue weighted by molar-refractivity contribution is 5.98. The molecular weight excluding hydrogens is 333 g/mol. The summed E-state index contributed by atoms with van der Waals surface area (Å²) in [6, 6.07) is 4.78. The van der Waals surface area contributed by atoms with Crippen LogP contribution in [0.2, 0.25) is 0 Å². The van der Waals surface area contributed by atoms with E-state index in [9.17, 15) is 18.0 Å². The second-order valence-corrected chi connectivity index (χ2v) is 7.57. The Morgan fingerprint density at radius 2 is 1.88 bits per heavy atom. The standard InChI is InChI=1S/C18H21F3N2O2/c1-16(2)12-8-9-17(16,3)14(10-12)22-23-15(24)11-4-6-13(7-5-11)25-18(19,20)21/h4-7,12H,8-10H2,1-3H3,(H,23,24)/b22-14+/t12-,17+/m1/s1. The number of amides is 1. The lowest BCUT2D eigenvalue weighted by atomic mass is 9.70. The third-order valence-electron chi connectivity index (χ3n) is 6.15. The van der Waals surface area contributed by atoms with E-state index in [0.29, 0.717) is 5.92 Å². The summed E-state index contributed by atoms with van der Waals surface area (Å²) in [6.07, 6.45) is -1.64. The maximum Gasteiger partial charge on any atom is 0.573 e. The molecule has 2 fully saturated rings. The molecule has 0 aliphatic heterocycles. The summed E-state index contributed by atoms with van der Waals surface area (Å²) in [5.74, 6) is -0.236. The number of carbonyl (C=O) groups excluding carboxylic acids is 1. The van der Waals surface area contributed by atoms with Crippen molar-refractivity contribution in [3.63, 3.8) is 0 Å². The average molecular weight is 354 g/mol. The molecule has 0 aromatic heterocycles. The summed E-state index contributed by atoms with van der Waals surface area (Å²) in [6.45, 7) is 6.68. The van der Waals surface area contributed by atoms with Crippen molar-refractivity contribution in [2.75, 3.05) is 0 Å². The SMILES string of the molecule is CC1(C)[C@@H]2CC[C@@]1(C)/C(=N/NC(=O)c1ccc(OC(F)(F)F)cc1)C2. The first-order valence-corrected chi connectivity index (χ1v) is 8.26. The van der Waals surface area contributed by atoms with Gasteiger partial charge in [0, 0.05) is 16.7 Å². The Morgan fingerprint density at radius 3 is 2.36 bits per heavy atom. The van der Waals surface area contributed by atoms with Crippen LogP contribution in [-0.4, -0.2) is 18.0 Å². The summed E-state index contributed by atoms with van der Waals surface area (Å²) in [5.41, 5.74) is 3.91. The largest absolute Gasteiger partial charge is 0.573 e. The highest BCUT2D eigenvalue weighted by Crippen LogP contribution is 2.63. The molecule has 2 aliphatic rings. The van der Waals surface area contributed by atoms with E-state index in [1.54, 1.807) is 0 Å². The van der Waals surface area contributed by atoms with Gasteiger partial charge >= 0.3 is 6.36 Å². The van der Waals surface area contributed by atoms with Gasteiger partial charge in [0.15, 0.2) is 0 Å². The topological polar surface area (TPSA) is 50.7 Å². The molecule has 7 heteroatoms. The van der Waals surface area contributed by atoms with E-state index < -0.39 is 12.3 Å².